The molecular weight excluding hydrogens is 278 g/mol. The van der Waals surface area contributed by atoms with Crippen molar-refractivity contribution in [1.82, 2.24) is 9.97 Å². The standard InChI is InChI=1S/C12H9F4N3O/c13-9-3-7(1-2-11(9)20-12(14,15)16)10-4-8(5-17)18-6-19-10/h1-4,6H,5,17H2. The van der Waals surface area contributed by atoms with E-state index in [4.69, 9.17) is 5.73 Å². The van der Waals surface area contributed by atoms with Crippen LogP contribution in [0.5, 0.6) is 5.75 Å². The van der Waals surface area contributed by atoms with Crippen LogP contribution in [0.4, 0.5) is 17.6 Å². The van der Waals surface area contributed by atoms with Crippen LogP contribution in [0.25, 0.3) is 11.3 Å². The summed E-state index contributed by atoms with van der Waals surface area (Å²) in [7, 11) is 0. The Bertz CT molecular complexity index is 616. The molecule has 0 aliphatic heterocycles. The second kappa shape index (κ2) is 5.41. The highest BCUT2D eigenvalue weighted by Crippen LogP contribution is 2.28. The molecule has 0 saturated heterocycles. The molecule has 0 bridgehead atoms. The second-order valence-electron chi connectivity index (χ2n) is 3.79. The third-order valence-electron chi connectivity index (χ3n) is 2.39. The van der Waals surface area contributed by atoms with Crippen LogP contribution in [0.1, 0.15) is 5.69 Å². The number of hydrogen-bond acceptors (Lipinski definition) is 4. The second-order valence-corrected chi connectivity index (χ2v) is 3.79. The SMILES string of the molecule is NCc1cc(-c2ccc(OC(F)(F)F)c(F)c2)ncn1. The fraction of sp³-hybridized carbons (Fsp3) is 0.167. The summed E-state index contributed by atoms with van der Waals surface area (Å²) in [6.45, 7) is 0.174. The van der Waals surface area contributed by atoms with Gasteiger partial charge in [-0.25, -0.2) is 14.4 Å². The molecule has 0 atom stereocenters. The minimum absolute atomic E-state index is 0.174. The zero-order valence-corrected chi connectivity index (χ0v) is 9.99. The van der Waals surface area contributed by atoms with Crippen LogP contribution in [0, 0.1) is 5.82 Å². The maximum absolute atomic E-state index is 13.6. The molecule has 20 heavy (non-hydrogen) atoms. The Labute approximate surface area is 111 Å². The number of nitrogens with zero attached hydrogens (tertiary/aromatic N) is 2. The first-order valence-electron chi connectivity index (χ1n) is 5.45. The molecule has 0 amide bonds. The molecule has 0 fully saturated rings. The molecule has 0 saturated carbocycles. The van der Waals surface area contributed by atoms with Gasteiger partial charge >= 0.3 is 6.36 Å². The Hall–Kier alpha value is -2.22. The van der Waals surface area contributed by atoms with E-state index in [9.17, 15) is 17.6 Å². The summed E-state index contributed by atoms with van der Waals surface area (Å²) in [5.41, 5.74) is 6.60. The first-order valence-corrected chi connectivity index (χ1v) is 5.45. The maximum atomic E-state index is 13.6. The molecule has 2 aromatic rings. The van der Waals surface area contributed by atoms with E-state index < -0.39 is 17.9 Å². The molecule has 1 heterocycles. The monoisotopic (exact) mass is 287 g/mol. The summed E-state index contributed by atoms with van der Waals surface area (Å²) >= 11 is 0. The lowest BCUT2D eigenvalue weighted by atomic mass is 10.1. The fourth-order valence-corrected chi connectivity index (χ4v) is 1.53. The van der Waals surface area contributed by atoms with Crippen LogP contribution >= 0.6 is 0 Å². The molecule has 0 radical (unpaired) electrons. The fourth-order valence-electron chi connectivity index (χ4n) is 1.53. The van der Waals surface area contributed by atoms with Crippen molar-refractivity contribution in [2.75, 3.05) is 0 Å². The molecular formula is C12H9F4N3O. The van der Waals surface area contributed by atoms with Crippen molar-refractivity contribution in [1.29, 1.82) is 0 Å². The van der Waals surface area contributed by atoms with Gasteiger partial charge in [0.05, 0.1) is 11.4 Å². The molecule has 1 aromatic heterocycles. The van der Waals surface area contributed by atoms with Crippen LogP contribution in [-0.2, 0) is 6.54 Å². The average Bonchev–Trinajstić information content (AvgIpc) is 2.40. The third kappa shape index (κ3) is 3.41. The number of hydrogen-bond donors (Lipinski definition) is 1. The smallest absolute Gasteiger partial charge is 0.403 e. The van der Waals surface area contributed by atoms with Crippen LogP contribution in [0.2, 0.25) is 0 Å². The zero-order valence-electron chi connectivity index (χ0n) is 9.99. The van der Waals surface area contributed by atoms with Crippen molar-refractivity contribution >= 4 is 0 Å². The Kier molecular flexibility index (Phi) is 3.84. The molecule has 0 aliphatic rings. The van der Waals surface area contributed by atoms with Crippen molar-refractivity contribution in [3.63, 3.8) is 0 Å². The van der Waals surface area contributed by atoms with E-state index in [0.29, 0.717) is 17.0 Å². The lowest BCUT2D eigenvalue weighted by Crippen LogP contribution is -2.17. The van der Waals surface area contributed by atoms with E-state index in [1.54, 1.807) is 0 Å². The number of benzene rings is 1. The van der Waals surface area contributed by atoms with Gasteiger partial charge in [0, 0.05) is 12.1 Å². The van der Waals surface area contributed by atoms with Crippen LogP contribution in [0.3, 0.4) is 0 Å². The van der Waals surface area contributed by atoms with E-state index in [2.05, 4.69) is 14.7 Å². The predicted molar refractivity (Wildman–Crippen MR) is 62.0 cm³/mol. The van der Waals surface area contributed by atoms with E-state index in [0.717, 1.165) is 12.1 Å². The lowest BCUT2D eigenvalue weighted by molar-refractivity contribution is -0.275. The van der Waals surface area contributed by atoms with Gasteiger partial charge in [0.1, 0.15) is 6.33 Å². The van der Waals surface area contributed by atoms with Crippen LogP contribution in [-0.4, -0.2) is 16.3 Å². The van der Waals surface area contributed by atoms with E-state index in [1.165, 1.54) is 18.5 Å². The largest absolute Gasteiger partial charge is 0.573 e. The summed E-state index contributed by atoms with van der Waals surface area (Å²) in [6, 6.07) is 4.60. The maximum Gasteiger partial charge on any atom is 0.573 e. The van der Waals surface area contributed by atoms with Gasteiger partial charge in [-0.05, 0) is 24.3 Å². The Morgan fingerprint density at radius 2 is 1.90 bits per heavy atom. The summed E-state index contributed by atoms with van der Waals surface area (Å²) in [5, 5.41) is 0. The van der Waals surface area contributed by atoms with Gasteiger partial charge in [0.25, 0.3) is 0 Å². The first-order chi connectivity index (χ1) is 9.39. The molecule has 2 N–H and O–H groups in total. The van der Waals surface area contributed by atoms with Crippen LogP contribution < -0.4 is 10.5 Å². The van der Waals surface area contributed by atoms with Gasteiger partial charge in [-0.1, -0.05) is 0 Å². The average molecular weight is 287 g/mol. The molecule has 8 heteroatoms. The topological polar surface area (TPSA) is 61.0 Å². The van der Waals surface area contributed by atoms with Crippen molar-refractivity contribution in [3.05, 3.63) is 42.1 Å². The molecule has 0 aliphatic carbocycles. The molecule has 1 aromatic carbocycles. The number of nitrogens with two attached hydrogens (primary N) is 1. The van der Waals surface area contributed by atoms with Crippen molar-refractivity contribution in [3.8, 4) is 17.0 Å². The van der Waals surface area contributed by atoms with Crippen LogP contribution in [0.15, 0.2) is 30.6 Å². The normalized spacial score (nSPS) is 11.4. The van der Waals surface area contributed by atoms with Crippen molar-refractivity contribution < 1.29 is 22.3 Å². The van der Waals surface area contributed by atoms with Gasteiger partial charge < -0.3 is 10.5 Å². The number of rotatable bonds is 3. The molecule has 2 rings (SSSR count). The summed E-state index contributed by atoms with van der Waals surface area (Å²) < 4.78 is 53.2. The van der Waals surface area contributed by atoms with E-state index in [1.807, 2.05) is 0 Å². The minimum Gasteiger partial charge on any atom is -0.403 e. The van der Waals surface area contributed by atoms with Gasteiger partial charge in [0.2, 0.25) is 0 Å². The predicted octanol–water partition coefficient (Wildman–Crippen LogP) is 2.64. The van der Waals surface area contributed by atoms with E-state index >= 15 is 0 Å². The zero-order chi connectivity index (χ0) is 14.8. The summed E-state index contributed by atoms with van der Waals surface area (Å²) in [6.07, 6.45) is -3.69. The molecule has 106 valence electrons. The Morgan fingerprint density at radius 1 is 1.15 bits per heavy atom. The van der Waals surface area contributed by atoms with Gasteiger partial charge in [0.15, 0.2) is 11.6 Å². The first kappa shape index (κ1) is 14.2. The Morgan fingerprint density at radius 3 is 2.50 bits per heavy atom. The molecule has 0 unspecified atom stereocenters. The quantitative estimate of drug-likeness (QED) is 0.882. The summed E-state index contributed by atoms with van der Waals surface area (Å²) in [5.74, 6) is -2.03. The third-order valence-corrected chi connectivity index (χ3v) is 2.39. The Balaban J connectivity index is 2.33. The van der Waals surface area contributed by atoms with Gasteiger partial charge in [-0.15, -0.1) is 13.2 Å². The lowest BCUT2D eigenvalue weighted by Gasteiger charge is -2.10. The van der Waals surface area contributed by atoms with Gasteiger partial charge in [-0.3, -0.25) is 0 Å². The highest BCUT2D eigenvalue weighted by molar-refractivity contribution is 5.60. The summed E-state index contributed by atoms with van der Waals surface area (Å²) in [4.78, 5) is 7.78. The number of halogens is 4. The van der Waals surface area contributed by atoms with Gasteiger partial charge in [-0.2, -0.15) is 0 Å². The minimum atomic E-state index is -4.94. The highest BCUT2D eigenvalue weighted by Gasteiger charge is 2.32. The number of ether oxygens (including phenoxy) is 1. The highest BCUT2D eigenvalue weighted by atomic mass is 19.4. The molecule has 0 spiro atoms. The van der Waals surface area contributed by atoms with Crippen molar-refractivity contribution in [2.45, 2.75) is 12.9 Å². The molecule has 4 nitrogen and oxygen atoms in total. The van der Waals surface area contributed by atoms with Crippen molar-refractivity contribution in [2.24, 2.45) is 5.73 Å². The number of aromatic nitrogens is 2. The number of alkyl halides is 3. The van der Waals surface area contributed by atoms with E-state index in [-0.39, 0.29) is 6.54 Å².